The number of benzene rings is 1. The van der Waals surface area contributed by atoms with Crippen LogP contribution in [0, 0.1) is 11.8 Å². The monoisotopic (exact) mass is 377 g/mol. The van der Waals surface area contributed by atoms with E-state index in [9.17, 15) is 14.4 Å². The van der Waals surface area contributed by atoms with E-state index in [0.717, 1.165) is 0 Å². The van der Waals surface area contributed by atoms with Gasteiger partial charge in [0.2, 0.25) is 6.29 Å². The molecule has 0 radical (unpaired) electrons. The van der Waals surface area contributed by atoms with Gasteiger partial charge in [-0.2, -0.15) is 0 Å². The van der Waals surface area contributed by atoms with Gasteiger partial charge in [0.15, 0.2) is 5.78 Å². The molecule has 0 saturated carbocycles. The Balaban J connectivity index is 2.06. The first kappa shape index (κ1) is 21.1. The van der Waals surface area contributed by atoms with Crippen molar-refractivity contribution in [3.63, 3.8) is 0 Å². The van der Waals surface area contributed by atoms with E-state index in [2.05, 4.69) is 5.32 Å². The molecule has 0 bridgehead atoms. The molecule has 1 aromatic carbocycles. The van der Waals surface area contributed by atoms with E-state index in [4.69, 9.17) is 14.2 Å². The van der Waals surface area contributed by atoms with Crippen molar-refractivity contribution >= 4 is 17.7 Å². The van der Waals surface area contributed by atoms with E-state index in [1.54, 1.807) is 12.1 Å². The second-order valence-corrected chi connectivity index (χ2v) is 6.87. The van der Waals surface area contributed by atoms with Crippen molar-refractivity contribution in [3.05, 3.63) is 35.9 Å². The van der Waals surface area contributed by atoms with Gasteiger partial charge in [-0.05, 0) is 11.8 Å². The molecule has 3 unspecified atom stereocenters. The second kappa shape index (κ2) is 9.62. The zero-order chi connectivity index (χ0) is 20.0. The van der Waals surface area contributed by atoms with E-state index < -0.39 is 24.3 Å². The molecule has 1 N–H and O–H groups in total. The van der Waals surface area contributed by atoms with Gasteiger partial charge in [-0.1, -0.05) is 44.2 Å². The van der Waals surface area contributed by atoms with Gasteiger partial charge < -0.3 is 19.5 Å². The van der Waals surface area contributed by atoms with Gasteiger partial charge in [0, 0.05) is 19.4 Å². The fourth-order valence-corrected chi connectivity index (χ4v) is 3.17. The van der Waals surface area contributed by atoms with Crippen LogP contribution >= 0.6 is 0 Å². The Morgan fingerprint density at radius 2 is 1.70 bits per heavy atom. The molecule has 1 aliphatic rings. The number of Topliss-reactive ketones (excluding diaryl/α,β-unsaturated/α-hetero) is 1. The average Bonchev–Trinajstić information content (AvgIpc) is 2.63. The zero-order valence-electron chi connectivity index (χ0n) is 16.1. The Morgan fingerprint density at radius 3 is 2.30 bits per heavy atom. The maximum atomic E-state index is 12.4. The topological polar surface area (TPSA) is 90.9 Å². The van der Waals surface area contributed by atoms with E-state index in [-0.39, 0.29) is 36.8 Å². The lowest BCUT2D eigenvalue weighted by Crippen LogP contribution is -2.58. The van der Waals surface area contributed by atoms with Gasteiger partial charge in [-0.25, -0.2) is 0 Å². The number of esters is 2. The SMILES string of the molecule is CC(=O)OCC1OC(OC(C)=O)C(NCC(=O)c2ccccc2)[C@@H](C)[C@@H]1C. The van der Waals surface area contributed by atoms with Gasteiger partial charge in [0.1, 0.15) is 6.61 Å². The lowest BCUT2D eigenvalue weighted by molar-refractivity contribution is -0.238. The Hall–Kier alpha value is -2.25. The highest BCUT2D eigenvalue weighted by atomic mass is 16.7. The van der Waals surface area contributed by atoms with Crippen molar-refractivity contribution in [3.8, 4) is 0 Å². The molecule has 0 aromatic heterocycles. The average molecular weight is 377 g/mol. The summed E-state index contributed by atoms with van der Waals surface area (Å²) in [5.74, 6) is -0.878. The molecule has 0 aliphatic carbocycles. The lowest BCUT2D eigenvalue weighted by Gasteiger charge is -2.44. The smallest absolute Gasteiger partial charge is 0.304 e. The predicted molar refractivity (Wildman–Crippen MR) is 98.0 cm³/mol. The first-order chi connectivity index (χ1) is 12.8. The summed E-state index contributed by atoms with van der Waals surface area (Å²) in [7, 11) is 0. The fraction of sp³-hybridized carbons (Fsp3) is 0.550. The molecule has 1 aromatic rings. The first-order valence-electron chi connectivity index (χ1n) is 9.07. The molecular weight excluding hydrogens is 350 g/mol. The minimum absolute atomic E-state index is 0.0206. The van der Waals surface area contributed by atoms with Crippen molar-refractivity contribution in [2.24, 2.45) is 11.8 Å². The maximum absolute atomic E-state index is 12.4. The standard InChI is InChI=1S/C20H27NO6/c1-12-13(2)19(21-10-17(24)16-8-6-5-7-9-16)20(26-15(4)23)27-18(12)11-25-14(3)22/h5-9,12-13,18-21H,10-11H2,1-4H3/t12-,13-,18?,19?,20?/m0/s1. The van der Waals surface area contributed by atoms with E-state index in [1.807, 2.05) is 32.0 Å². The normalized spacial score (nSPS) is 27.6. The number of rotatable bonds is 7. The number of ether oxygens (including phenoxy) is 3. The van der Waals surface area contributed by atoms with E-state index in [0.29, 0.717) is 5.56 Å². The van der Waals surface area contributed by atoms with Gasteiger partial charge in [-0.3, -0.25) is 14.4 Å². The third kappa shape index (κ3) is 5.87. The summed E-state index contributed by atoms with van der Waals surface area (Å²) in [5, 5.41) is 3.18. The van der Waals surface area contributed by atoms with Crippen molar-refractivity contribution in [1.82, 2.24) is 5.32 Å². The Labute approximate surface area is 159 Å². The zero-order valence-corrected chi connectivity index (χ0v) is 16.1. The molecule has 7 nitrogen and oxygen atoms in total. The largest absolute Gasteiger partial charge is 0.463 e. The molecule has 1 fully saturated rings. The summed E-state index contributed by atoms with van der Waals surface area (Å²) in [4.78, 5) is 35.0. The number of hydrogen-bond acceptors (Lipinski definition) is 7. The summed E-state index contributed by atoms with van der Waals surface area (Å²) >= 11 is 0. The van der Waals surface area contributed by atoms with Gasteiger partial charge in [-0.15, -0.1) is 0 Å². The van der Waals surface area contributed by atoms with Crippen molar-refractivity contribution in [2.45, 2.75) is 46.1 Å². The van der Waals surface area contributed by atoms with Crippen LogP contribution in [-0.4, -0.2) is 49.3 Å². The number of nitrogens with one attached hydrogen (secondary N) is 1. The van der Waals surface area contributed by atoms with E-state index >= 15 is 0 Å². The fourth-order valence-electron chi connectivity index (χ4n) is 3.17. The summed E-state index contributed by atoms with van der Waals surface area (Å²) in [6, 6.07) is 8.62. The number of carbonyl (C=O) groups is 3. The van der Waals surface area contributed by atoms with E-state index in [1.165, 1.54) is 13.8 Å². The van der Waals surface area contributed by atoms with Crippen LogP contribution in [0.2, 0.25) is 0 Å². The lowest BCUT2D eigenvalue weighted by atomic mass is 9.82. The Bertz CT molecular complexity index is 662. The van der Waals surface area contributed by atoms with Crippen LogP contribution < -0.4 is 5.32 Å². The van der Waals surface area contributed by atoms with Crippen LogP contribution in [0.4, 0.5) is 0 Å². The summed E-state index contributed by atoms with van der Waals surface area (Å²) in [6.07, 6.45) is -1.26. The maximum Gasteiger partial charge on any atom is 0.304 e. The first-order valence-corrected chi connectivity index (χ1v) is 9.07. The second-order valence-electron chi connectivity index (χ2n) is 6.87. The van der Waals surface area contributed by atoms with Gasteiger partial charge >= 0.3 is 11.9 Å². The molecule has 1 aliphatic heterocycles. The van der Waals surface area contributed by atoms with Crippen molar-refractivity contribution in [2.75, 3.05) is 13.2 Å². The van der Waals surface area contributed by atoms with Crippen LogP contribution in [0.25, 0.3) is 0 Å². The van der Waals surface area contributed by atoms with Gasteiger partial charge in [0.25, 0.3) is 0 Å². The van der Waals surface area contributed by atoms with Crippen molar-refractivity contribution < 1.29 is 28.6 Å². The summed E-state index contributed by atoms with van der Waals surface area (Å²) in [5.41, 5.74) is 0.610. The highest BCUT2D eigenvalue weighted by molar-refractivity contribution is 5.97. The van der Waals surface area contributed by atoms with Crippen LogP contribution in [0.5, 0.6) is 0 Å². The molecule has 148 valence electrons. The third-order valence-electron chi connectivity index (χ3n) is 4.91. The molecule has 0 spiro atoms. The molecule has 0 amide bonds. The Kier molecular flexibility index (Phi) is 7.50. The van der Waals surface area contributed by atoms with Gasteiger partial charge in [0.05, 0.1) is 18.7 Å². The highest BCUT2D eigenvalue weighted by Crippen LogP contribution is 2.31. The summed E-state index contributed by atoms with van der Waals surface area (Å²) in [6.45, 7) is 6.81. The molecule has 2 rings (SSSR count). The number of ketones is 1. The number of hydrogen-bond donors (Lipinski definition) is 1. The van der Waals surface area contributed by atoms with Crippen LogP contribution in [-0.2, 0) is 23.8 Å². The summed E-state index contributed by atoms with van der Waals surface area (Å²) < 4.78 is 16.3. The van der Waals surface area contributed by atoms with Crippen molar-refractivity contribution in [1.29, 1.82) is 0 Å². The molecule has 7 heteroatoms. The highest BCUT2D eigenvalue weighted by Gasteiger charge is 2.43. The Morgan fingerprint density at radius 1 is 1.04 bits per heavy atom. The molecule has 1 heterocycles. The predicted octanol–water partition coefficient (Wildman–Crippen LogP) is 1.95. The minimum Gasteiger partial charge on any atom is -0.463 e. The third-order valence-corrected chi connectivity index (χ3v) is 4.91. The van der Waals surface area contributed by atoms with Crippen LogP contribution in [0.1, 0.15) is 38.1 Å². The molecule has 5 atom stereocenters. The van der Waals surface area contributed by atoms with Crippen LogP contribution in [0.3, 0.4) is 0 Å². The molecule has 27 heavy (non-hydrogen) atoms. The molecule has 1 saturated heterocycles. The molecular formula is C20H27NO6. The van der Waals surface area contributed by atoms with Crippen LogP contribution in [0.15, 0.2) is 30.3 Å². The quantitative estimate of drug-likeness (QED) is 0.574. The number of carbonyl (C=O) groups excluding carboxylic acids is 3. The minimum atomic E-state index is -0.863.